The molecular weight excluding hydrogens is 396 g/mol. The van der Waals surface area contributed by atoms with Crippen LogP contribution in [-0.4, -0.2) is 34.0 Å². The maximum absolute atomic E-state index is 13.1. The average Bonchev–Trinajstić information content (AvgIpc) is 2.69. The lowest BCUT2D eigenvalue weighted by Gasteiger charge is -2.22. The summed E-state index contributed by atoms with van der Waals surface area (Å²) in [5.74, 6) is -1.44. The molecule has 1 heterocycles. The molecule has 1 atom stereocenters. The van der Waals surface area contributed by atoms with Gasteiger partial charge in [-0.05, 0) is 36.2 Å². The van der Waals surface area contributed by atoms with E-state index in [1.165, 1.54) is 25.3 Å². The number of halogens is 1. The van der Waals surface area contributed by atoms with Crippen molar-refractivity contribution in [1.29, 1.82) is 0 Å². The fourth-order valence-corrected chi connectivity index (χ4v) is 3.17. The number of hydrogen-bond donors (Lipinski definition) is 1. The summed E-state index contributed by atoms with van der Waals surface area (Å²) in [6.07, 6.45) is 0. The lowest BCUT2D eigenvalue weighted by Crippen LogP contribution is -2.38. The van der Waals surface area contributed by atoms with Gasteiger partial charge in [0, 0.05) is 5.02 Å². The number of anilines is 1. The van der Waals surface area contributed by atoms with E-state index in [9.17, 15) is 14.4 Å². The van der Waals surface area contributed by atoms with Gasteiger partial charge in [-0.2, -0.15) is 4.68 Å². The summed E-state index contributed by atoms with van der Waals surface area (Å²) in [5.41, 5.74) is 0.342. The lowest BCUT2D eigenvalue weighted by atomic mass is 10.0. The van der Waals surface area contributed by atoms with E-state index >= 15 is 0 Å². The maximum Gasteiger partial charge on any atom is 0.339 e. The number of rotatable bonds is 5. The van der Waals surface area contributed by atoms with Crippen LogP contribution < -0.4 is 10.9 Å². The van der Waals surface area contributed by atoms with Crippen molar-refractivity contribution in [2.75, 3.05) is 12.4 Å². The molecule has 0 bridgehead atoms. The molecule has 9 heteroatoms. The van der Waals surface area contributed by atoms with E-state index in [0.717, 1.165) is 4.68 Å². The molecule has 1 unspecified atom stereocenters. The van der Waals surface area contributed by atoms with Gasteiger partial charge in [0.15, 0.2) is 0 Å². The van der Waals surface area contributed by atoms with Crippen LogP contribution in [0.5, 0.6) is 0 Å². The Morgan fingerprint density at radius 1 is 1.17 bits per heavy atom. The van der Waals surface area contributed by atoms with Gasteiger partial charge >= 0.3 is 5.97 Å². The van der Waals surface area contributed by atoms with Gasteiger partial charge in [0.2, 0.25) is 5.91 Å². The number of fused-ring (bicyclic) bond motifs is 1. The Balaban J connectivity index is 2.03. The van der Waals surface area contributed by atoms with Crippen LogP contribution in [0.25, 0.3) is 10.9 Å². The molecule has 0 radical (unpaired) electrons. The summed E-state index contributed by atoms with van der Waals surface area (Å²) in [5, 5.41) is 11.4. The molecule has 0 fully saturated rings. The molecule has 150 valence electrons. The minimum absolute atomic E-state index is 0.143. The van der Waals surface area contributed by atoms with Crippen molar-refractivity contribution in [3.63, 3.8) is 0 Å². The molecule has 0 saturated carbocycles. The van der Waals surface area contributed by atoms with Crippen molar-refractivity contribution in [3.8, 4) is 0 Å². The summed E-state index contributed by atoms with van der Waals surface area (Å²) in [6, 6.07) is 10.2. The molecule has 1 amide bonds. The number of nitrogens with one attached hydrogen (secondary N) is 1. The Labute approximate surface area is 171 Å². The summed E-state index contributed by atoms with van der Waals surface area (Å²) < 4.78 is 5.81. The Morgan fingerprint density at radius 3 is 2.59 bits per heavy atom. The van der Waals surface area contributed by atoms with Crippen molar-refractivity contribution in [2.45, 2.75) is 19.9 Å². The van der Waals surface area contributed by atoms with Crippen LogP contribution in [0, 0.1) is 5.92 Å². The van der Waals surface area contributed by atoms with Gasteiger partial charge in [0.1, 0.15) is 11.6 Å². The number of hydrogen-bond acceptors (Lipinski definition) is 6. The van der Waals surface area contributed by atoms with E-state index in [0.29, 0.717) is 15.9 Å². The summed E-state index contributed by atoms with van der Waals surface area (Å²) in [7, 11) is 1.24. The van der Waals surface area contributed by atoms with Crippen molar-refractivity contribution < 1.29 is 14.3 Å². The third-order valence-corrected chi connectivity index (χ3v) is 4.63. The molecule has 0 spiro atoms. The van der Waals surface area contributed by atoms with E-state index in [4.69, 9.17) is 16.3 Å². The summed E-state index contributed by atoms with van der Waals surface area (Å²) in [4.78, 5) is 38.0. The zero-order valence-corrected chi connectivity index (χ0v) is 16.8. The van der Waals surface area contributed by atoms with Crippen molar-refractivity contribution >= 4 is 40.1 Å². The van der Waals surface area contributed by atoms with E-state index < -0.39 is 23.5 Å². The van der Waals surface area contributed by atoms with Crippen molar-refractivity contribution in [2.24, 2.45) is 5.92 Å². The highest BCUT2D eigenvalue weighted by atomic mass is 35.5. The second-order valence-corrected chi connectivity index (χ2v) is 7.15. The number of aromatic nitrogens is 3. The zero-order valence-electron chi connectivity index (χ0n) is 16.0. The molecule has 0 aliphatic carbocycles. The van der Waals surface area contributed by atoms with Crippen LogP contribution in [0.1, 0.15) is 30.2 Å². The highest BCUT2D eigenvalue weighted by molar-refractivity contribution is 6.31. The molecular formula is C20H19ClN4O4. The van der Waals surface area contributed by atoms with Gasteiger partial charge in [-0.25, -0.2) is 4.79 Å². The van der Waals surface area contributed by atoms with Crippen molar-refractivity contribution in [1.82, 2.24) is 15.0 Å². The molecule has 1 N–H and O–H groups in total. The Bertz CT molecular complexity index is 1140. The number of benzene rings is 2. The number of nitrogens with zero attached hydrogens (tertiary/aromatic N) is 3. The topological polar surface area (TPSA) is 103 Å². The first-order chi connectivity index (χ1) is 13.8. The van der Waals surface area contributed by atoms with Crippen molar-refractivity contribution in [3.05, 3.63) is 63.4 Å². The van der Waals surface area contributed by atoms with Gasteiger partial charge in [-0.15, -0.1) is 5.10 Å². The van der Waals surface area contributed by atoms with E-state index in [1.54, 1.807) is 38.1 Å². The predicted molar refractivity (Wildman–Crippen MR) is 109 cm³/mol. The fourth-order valence-electron chi connectivity index (χ4n) is 2.99. The molecule has 3 rings (SSSR count). The third-order valence-electron chi connectivity index (χ3n) is 4.40. The molecule has 0 aliphatic rings. The fraction of sp³-hybridized carbons (Fsp3) is 0.250. The Morgan fingerprint density at radius 2 is 1.90 bits per heavy atom. The minimum atomic E-state index is -0.955. The van der Waals surface area contributed by atoms with Gasteiger partial charge < -0.3 is 10.1 Å². The molecule has 2 aromatic carbocycles. The number of carbonyl (C=O) groups excluding carboxylic acids is 2. The Kier molecular flexibility index (Phi) is 5.93. The van der Waals surface area contributed by atoms with Crippen LogP contribution in [0.2, 0.25) is 5.02 Å². The highest BCUT2D eigenvalue weighted by Gasteiger charge is 2.28. The van der Waals surface area contributed by atoms with Crippen LogP contribution in [0.3, 0.4) is 0 Å². The second-order valence-electron chi connectivity index (χ2n) is 6.72. The predicted octanol–water partition coefficient (Wildman–Crippen LogP) is 3.07. The molecule has 0 aliphatic heterocycles. The molecule has 1 aromatic heterocycles. The van der Waals surface area contributed by atoms with E-state index in [2.05, 4.69) is 15.6 Å². The SMILES string of the molecule is COC(=O)c1ccc(Cl)cc1NC(=O)C(C(C)C)n1nnc2ccccc2c1=O. The molecule has 0 saturated heterocycles. The number of carbonyl (C=O) groups is 2. The normalized spacial score (nSPS) is 12.0. The molecule has 29 heavy (non-hydrogen) atoms. The summed E-state index contributed by atoms with van der Waals surface area (Å²) in [6.45, 7) is 3.57. The monoisotopic (exact) mass is 414 g/mol. The van der Waals surface area contributed by atoms with Crippen LogP contribution in [0.15, 0.2) is 47.3 Å². The lowest BCUT2D eigenvalue weighted by molar-refractivity contribution is -0.120. The van der Waals surface area contributed by atoms with Crippen LogP contribution in [0.4, 0.5) is 5.69 Å². The smallest absolute Gasteiger partial charge is 0.339 e. The van der Waals surface area contributed by atoms with Gasteiger partial charge in [-0.1, -0.05) is 42.8 Å². The first-order valence-corrected chi connectivity index (χ1v) is 9.24. The van der Waals surface area contributed by atoms with Crippen LogP contribution in [-0.2, 0) is 9.53 Å². The molecule has 8 nitrogen and oxygen atoms in total. The number of ether oxygens (including phenoxy) is 1. The number of esters is 1. The first kappa shape index (κ1) is 20.5. The standard InChI is InChI=1S/C20H19ClN4O4/c1-11(2)17(25-19(27)13-6-4-5-7-15(13)23-24-25)18(26)22-16-10-12(21)8-9-14(16)20(28)29-3/h4-11,17H,1-3H3,(H,22,26). The maximum atomic E-state index is 13.1. The highest BCUT2D eigenvalue weighted by Crippen LogP contribution is 2.25. The van der Waals surface area contributed by atoms with Gasteiger partial charge in [0.05, 0.1) is 23.7 Å². The van der Waals surface area contributed by atoms with Crippen LogP contribution >= 0.6 is 11.6 Å². The zero-order chi connectivity index (χ0) is 21.1. The molecule has 3 aromatic rings. The minimum Gasteiger partial charge on any atom is -0.465 e. The van der Waals surface area contributed by atoms with E-state index in [-0.39, 0.29) is 17.2 Å². The summed E-state index contributed by atoms with van der Waals surface area (Å²) >= 11 is 6.02. The Hall–Kier alpha value is -3.26. The number of amides is 1. The number of methoxy groups -OCH3 is 1. The average molecular weight is 415 g/mol. The quantitative estimate of drug-likeness (QED) is 0.643. The van der Waals surface area contributed by atoms with Gasteiger partial charge in [0.25, 0.3) is 5.56 Å². The second kappa shape index (κ2) is 8.40. The third kappa shape index (κ3) is 4.12. The first-order valence-electron chi connectivity index (χ1n) is 8.86. The largest absolute Gasteiger partial charge is 0.465 e. The van der Waals surface area contributed by atoms with Gasteiger partial charge in [-0.3, -0.25) is 9.59 Å². The van der Waals surface area contributed by atoms with E-state index in [1.807, 2.05) is 0 Å².